The number of furan rings is 1. The van der Waals surface area contributed by atoms with Crippen LogP contribution < -0.4 is 5.56 Å². The van der Waals surface area contributed by atoms with Crippen LogP contribution in [0.3, 0.4) is 0 Å². The van der Waals surface area contributed by atoms with Crippen molar-refractivity contribution in [2.24, 2.45) is 0 Å². The molecule has 4 nitrogen and oxygen atoms in total. The Morgan fingerprint density at radius 1 is 1.04 bits per heavy atom. The molecule has 4 heteroatoms. The molecular formula is C19H14N2O2. The van der Waals surface area contributed by atoms with Crippen LogP contribution in [0.15, 0.2) is 76.2 Å². The molecule has 0 aliphatic rings. The highest BCUT2D eigenvalue weighted by molar-refractivity contribution is 6.01. The summed E-state index contributed by atoms with van der Waals surface area (Å²) in [6.07, 6.45) is 5.49. The van der Waals surface area contributed by atoms with E-state index in [4.69, 9.17) is 4.42 Å². The molecular weight excluding hydrogens is 288 g/mol. The van der Waals surface area contributed by atoms with Gasteiger partial charge in [0.2, 0.25) is 5.58 Å². The van der Waals surface area contributed by atoms with Gasteiger partial charge in [-0.15, -0.1) is 0 Å². The minimum Gasteiger partial charge on any atom is -0.448 e. The van der Waals surface area contributed by atoms with Crippen LogP contribution in [0.5, 0.6) is 0 Å². The molecule has 112 valence electrons. The van der Waals surface area contributed by atoms with Crippen molar-refractivity contribution >= 4 is 28.1 Å². The molecule has 0 radical (unpaired) electrons. The Balaban J connectivity index is 1.71. The van der Waals surface area contributed by atoms with E-state index < -0.39 is 0 Å². The molecule has 0 saturated carbocycles. The summed E-state index contributed by atoms with van der Waals surface area (Å²) in [6, 6.07) is 17.5. The summed E-state index contributed by atoms with van der Waals surface area (Å²) in [5, 5.41) is 0.867. The van der Waals surface area contributed by atoms with E-state index in [0.29, 0.717) is 23.2 Å². The molecule has 0 saturated heterocycles. The zero-order valence-corrected chi connectivity index (χ0v) is 12.3. The number of benzene rings is 2. The first-order valence-corrected chi connectivity index (χ1v) is 7.41. The van der Waals surface area contributed by atoms with Gasteiger partial charge in [0.15, 0.2) is 0 Å². The fourth-order valence-electron chi connectivity index (χ4n) is 2.61. The summed E-state index contributed by atoms with van der Waals surface area (Å²) in [7, 11) is 0. The lowest BCUT2D eigenvalue weighted by Gasteiger charge is -2.00. The number of hydrogen-bond donors (Lipinski definition) is 0. The Bertz CT molecular complexity index is 1060. The second kappa shape index (κ2) is 5.57. The normalized spacial score (nSPS) is 11.7. The number of nitrogens with zero attached hydrogens (tertiary/aromatic N) is 2. The van der Waals surface area contributed by atoms with Crippen LogP contribution in [0.2, 0.25) is 0 Å². The molecule has 4 rings (SSSR count). The van der Waals surface area contributed by atoms with Gasteiger partial charge in [-0.05, 0) is 17.7 Å². The van der Waals surface area contributed by atoms with E-state index in [0.717, 1.165) is 10.9 Å². The lowest BCUT2D eigenvalue weighted by atomic mass is 10.2. The van der Waals surface area contributed by atoms with Crippen molar-refractivity contribution < 1.29 is 4.42 Å². The fourth-order valence-corrected chi connectivity index (χ4v) is 2.61. The predicted molar refractivity (Wildman–Crippen MR) is 91.3 cm³/mol. The van der Waals surface area contributed by atoms with E-state index in [2.05, 4.69) is 4.98 Å². The molecule has 2 aromatic heterocycles. The van der Waals surface area contributed by atoms with Gasteiger partial charge in [-0.1, -0.05) is 54.6 Å². The molecule has 2 heterocycles. The molecule has 0 amide bonds. The molecule has 0 bridgehead atoms. The fraction of sp³-hybridized carbons (Fsp3) is 0.0526. The standard InChI is InChI=1S/C19H14N2O2/c22-19-18-17(15-10-4-5-11-16(15)23-18)20-13-21(19)12-6-9-14-7-2-1-3-8-14/h1-11,13H,12H2/b9-6+. The second-order valence-corrected chi connectivity index (χ2v) is 5.29. The number of rotatable bonds is 3. The Kier molecular flexibility index (Phi) is 3.27. The summed E-state index contributed by atoms with van der Waals surface area (Å²) >= 11 is 0. The molecule has 0 atom stereocenters. The van der Waals surface area contributed by atoms with Gasteiger partial charge in [0.05, 0.1) is 6.33 Å². The van der Waals surface area contributed by atoms with Crippen molar-refractivity contribution in [2.75, 3.05) is 0 Å². The smallest absolute Gasteiger partial charge is 0.297 e. The zero-order chi connectivity index (χ0) is 15.6. The van der Waals surface area contributed by atoms with Crippen molar-refractivity contribution in [1.29, 1.82) is 0 Å². The number of fused-ring (bicyclic) bond motifs is 3. The summed E-state index contributed by atoms with van der Waals surface area (Å²) in [6.45, 7) is 0.452. The third kappa shape index (κ3) is 2.44. The molecule has 2 aromatic carbocycles. The van der Waals surface area contributed by atoms with Gasteiger partial charge in [0.1, 0.15) is 11.1 Å². The quantitative estimate of drug-likeness (QED) is 0.577. The lowest BCUT2D eigenvalue weighted by Crippen LogP contribution is -2.19. The molecule has 0 aliphatic carbocycles. The van der Waals surface area contributed by atoms with Crippen molar-refractivity contribution in [3.63, 3.8) is 0 Å². The number of aromatic nitrogens is 2. The van der Waals surface area contributed by atoms with Crippen LogP contribution in [0, 0.1) is 0 Å². The van der Waals surface area contributed by atoms with Crippen molar-refractivity contribution in [3.05, 3.63) is 82.9 Å². The van der Waals surface area contributed by atoms with Crippen LogP contribution in [-0.4, -0.2) is 9.55 Å². The predicted octanol–water partition coefficient (Wildman–Crippen LogP) is 3.86. The monoisotopic (exact) mass is 302 g/mol. The average molecular weight is 302 g/mol. The topological polar surface area (TPSA) is 48.0 Å². The molecule has 0 spiro atoms. The summed E-state index contributed by atoms with van der Waals surface area (Å²) in [5.74, 6) is 0. The summed E-state index contributed by atoms with van der Waals surface area (Å²) < 4.78 is 7.21. The summed E-state index contributed by atoms with van der Waals surface area (Å²) in [5.41, 5.74) is 2.54. The van der Waals surface area contributed by atoms with Crippen molar-refractivity contribution in [1.82, 2.24) is 9.55 Å². The van der Waals surface area contributed by atoms with Gasteiger partial charge in [-0.3, -0.25) is 9.36 Å². The molecule has 23 heavy (non-hydrogen) atoms. The highest BCUT2D eigenvalue weighted by Crippen LogP contribution is 2.23. The third-order valence-electron chi connectivity index (χ3n) is 3.76. The third-order valence-corrected chi connectivity index (χ3v) is 3.76. The van der Waals surface area contributed by atoms with Crippen molar-refractivity contribution in [3.8, 4) is 0 Å². The lowest BCUT2D eigenvalue weighted by molar-refractivity contribution is 0.645. The number of para-hydroxylation sites is 1. The van der Waals surface area contributed by atoms with Crippen LogP contribution >= 0.6 is 0 Å². The van der Waals surface area contributed by atoms with E-state index in [1.165, 1.54) is 0 Å². The molecule has 0 unspecified atom stereocenters. The van der Waals surface area contributed by atoms with Gasteiger partial charge >= 0.3 is 0 Å². The van der Waals surface area contributed by atoms with E-state index in [1.54, 1.807) is 10.9 Å². The summed E-state index contributed by atoms with van der Waals surface area (Å²) in [4.78, 5) is 16.9. The molecule has 0 N–H and O–H groups in total. The highest BCUT2D eigenvalue weighted by atomic mass is 16.3. The van der Waals surface area contributed by atoms with Gasteiger partial charge in [-0.25, -0.2) is 4.98 Å². The van der Waals surface area contributed by atoms with Crippen LogP contribution in [0.4, 0.5) is 0 Å². The first-order valence-electron chi connectivity index (χ1n) is 7.41. The van der Waals surface area contributed by atoms with Gasteiger partial charge < -0.3 is 4.42 Å². The van der Waals surface area contributed by atoms with Gasteiger partial charge in [-0.2, -0.15) is 0 Å². The van der Waals surface area contributed by atoms with E-state index in [1.807, 2.05) is 66.7 Å². The van der Waals surface area contributed by atoms with Gasteiger partial charge in [0, 0.05) is 11.9 Å². The average Bonchev–Trinajstić information content (AvgIpc) is 2.97. The Morgan fingerprint density at radius 3 is 2.70 bits per heavy atom. The second-order valence-electron chi connectivity index (χ2n) is 5.29. The largest absolute Gasteiger partial charge is 0.448 e. The van der Waals surface area contributed by atoms with E-state index in [-0.39, 0.29) is 5.56 Å². The van der Waals surface area contributed by atoms with E-state index >= 15 is 0 Å². The maximum Gasteiger partial charge on any atom is 0.297 e. The molecule has 4 aromatic rings. The Labute approximate surface area is 132 Å². The first-order chi connectivity index (χ1) is 11.3. The van der Waals surface area contributed by atoms with Gasteiger partial charge in [0.25, 0.3) is 5.56 Å². The SMILES string of the molecule is O=c1c2oc3ccccc3c2ncn1C/C=C/c1ccccc1. The molecule has 0 aliphatic heterocycles. The maximum absolute atomic E-state index is 12.5. The van der Waals surface area contributed by atoms with Crippen LogP contribution in [0.25, 0.3) is 28.1 Å². The minimum absolute atomic E-state index is 0.163. The number of hydrogen-bond acceptors (Lipinski definition) is 3. The van der Waals surface area contributed by atoms with E-state index in [9.17, 15) is 4.79 Å². The Morgan fingerprint density at radius 2 is 1.83 bits per heavy atom. The Hall–Kier alpha value is -3.14. The maximum atomic E-state index is 12.5. The zero-order valence-electron chi connectivity index (χ0n) is 12.3. The number of allylic oxidation sites excluding steroid dienone is 1. The minimum atomic E-state index is -0.163. The first kappa shape index (κ1) is 13.5. The highest BCUT2D eigenvalue weighted by Gasteiger charge is 2.12. The van der Waals surface area contributed by atoms with Crippen LogP contribution in [0.1, 0.15) is 5.56 Å². The van der Waals surface area contributed by atoms with Crippen LogP contribution in [-0.2, 0) is 6.54 Å². The molecule has 0 fully saturated rings. The van der Waals surface area contributed by atoms with Crippen molar-refractivity contribution in [2.45, 2.75) is 6.54 Å².